The number of nitrogens with zero attached hydrogens (tertiary/aromatic N) is 3. The first kappa shape index (κ1) is 19.7. The van der Waals surface area contributed by atoms with E-state index in [0.717, 1.165) is 23.5 Å². The van der Waals surface area contributed by atoms with Crippen LogP contribution in [0.25, 0.3) is 0 Å². The molecule has 6 nitrogen and oxygen atoms in total. The molecule has 0 aliphatic carbocycles. The van der Waals surface area contributed by atoms with Gasteiger partial charge in [0.25, 0.3) is 5.91 Å². The number of rotatable bonds is 5. The third-order valence-electron chi connectivity index (χ3n) is 4.74. The Morgan fingerprint density at radius 2 is 2.03 bits per heavy atom. The minimum Gasteiger partial charge on any atom is -0.358 e. The van der Waals surface area contributed by atoms with Crippen molar-refractivity contribution in [3.8, 4) is 0 Å². The number of aromatic nitrogens is 2. The van der Waals surface area contributed by atoms with Gasteiger partial charge in [-0.1, -0.05) is 18.2 Å². The van der Waals surface area contributed by atoms with Gasteiger partial charge < -0.3 is 15.5 Å². The Bertz CT molecular complexity index is 1010. The number of pyridine rings is 2. The summed E-state index contributed by atoms with van der Waals surface area (Å²) >= 11 is 0. The number of carbonyl (C=O) groups is 1. The predicted octanol–water partition coefficient (Wildman–Crippen LogP) is 2.88. The van der Waals surface area contributed by atoms with Crippen molar-refractivity contribution in [3.05, 3.63) is 95.5 Å². The van der Waals surface area contributed by atoms with Crippen molar-refractivity contribution >= 4 is 5.91 Å². The van der Waals surface area contributed by atoms with Gasteiger partial charge >= 0.3 is 6.18 Å². The topological polar surface area (TPSA) is 70.2 Å². The molecular weight excluding hydrogens is 395 g/mol. The SMILES string of the molecule is O=C(NCc1ccc(C(F)(F)F)nc1)C1=C2C=CC=CN2C(Cc2cccnc2)N1. The van der Waals surface area contributed by atoms with E-state index in [1.807, 2.05) is 41.5 Å². The second-order valence-corrected chi connectivity index (χ2v) is 6.83. The fourth-order valence-electron chi connectivity index (χ4n) is 3.29. The summed E-state index contributed by atoms with van der Waals surface area (Å²) in [6, 6.07) is 6.03. The molecule has 0 radical (unpaired) electrons. The van der Waals surface area contributed by atoms with Crippen LogP contribution in [-0.4, -0.2) is 26.9 Å². The molecule has 30 heavy (non-hydrogen) atoms. The van der Waals surface area contributed by atoms with E-state index in [2.05, 4.69) is 20.6 Å². The molecule has 1 atom stereocenters. The lowest BCUT2D eigenvalue weighted by Gasteiger charge is -2.25. The lowest BCUT2D eigenvalue weighted by atomic mass is 10.1. The van der Waals surface area contributed by atoms with E-state index in [1.54, 1.807) is 12.4 Å². The van der Waals surface area contributed by atoms with Crippen LogP contribution in [0.4, 0.5) is 13.2 Å². The van der Waals surface area contributed by atoms with Gasteiger partial charge in [-0.25, -0.2) is 0 Å². The van der Waals surface area contributed by atoms with Crippen LogP contribution in [0.15, 0.2) is 78.7 Å². The quantitative estimate of drug-likeness (QED) is 0.789. The van der Waals surface area contributed by atoms with Crippen LogP contribution in [0.3, 0.4) is 0 Å². The molecule has 2 N–H and O–H groups in total. The number of halogens is 3. The van der Waals surface area contributed by atoms with Crippen molar-refractivity contribution in [2.75, 3.05) is 0 Å². The lowest BCUT2D eigenvalue weighted by Crippen LogP contribution is -2.38. The van der Waals surface area contributed by atoms with Crippen LogP contribution in [0.5, 0.6) is 0 Å². The first-order valence-electron chi connectivity index (χ1n) is 9.25. The molecule has 0 bridgehead atoms. The molecule has 0 aromatic carbocycles. The molecule has 0 saturated carbocycles. The molecule has 2 aliphatic heterocycles. The van der Waals surface area contributed by atoms with Crippen molar-refractivity contribution in [1.82, 2.24) is 25.5 Å². The Labute approximate surface area is 170 Å². The van der Waals surface area contributed by atoms with Crippen LogP contribution < -0.4 is 10.6 Å². The normalized spacial score (nSPS) is 17.7. The van der Waals surface area contributed by atoms with E-state index in [-0.39, 0.29) is 18.6 Å². The van der Waals surface area contributed by atoms with Crippen molar-refractivity contribution in [1.29, 1.82) is 0 Å². The van der Waals surface area contributed by atoms with Crippen molar-refractivity contribution in [3.63, 3.8) is 0 Å². The summed E-state index contributed by atoms with van der Waals surface area (Å²) in [6.45, 7) is 0.0647. The van der Waals surface area contributed by atoms with E-state index in [4.69, 9.17) is 0 Å². The molecule has 2 aliphatic rings. The average Bonchev–Trinajstić information content (AvgIpc) is 3.11. The molecule has 0 fully saturated rings. The Balaban J connectivity index is 1.44. The first-order chi connectivity index (χ1) is 14.4. The summed E-state index contributed by atoms with van der Waals surface area (Å²) in [5, 5.41) is 5.98. The molecular formula is C21H18F3N5O. The molecule has 2 aromatic rings. The van der Waals surface area contributed by atoms with Crippen LogP contribution >= 0.6 is 0 Å². The summed E-state index contributed by atoms with van der Waals surface area (Å²) in [5.74, 6) is -0.344. The fraction of sp³-hybridized carbons (Fsp3) is 0.190. The summed E-state index contributed by atoms with van der Waals surface area (Å²) in [6.07, 6.45) is 8.04. The highest BCUT2D eigenvalue weighted by atomic mass is 19.4. The van der Waals surface area contributed by atoms with Gasteiger partial charge in [-0.3, -0.25) is 14.8 Å². The second-order valence-electron chi connectivity index (χ2n) is 6.83. The van der Waals surface area contributed by atoms with Crippen LogP contribution in [0, 0.1) is 0 Å². The summed E-state index contributed by atoms with van der Waals surface area (Å²) in [4.78, 5) is 22.3. The predicted molar refractivity (Wildman–Crippen MR) is 103 cm³/mol. The first-order valence-corrected chi connectivity index (χ1v) is 9.25. The number of nitrogens with one attached hydrogen (secondary N) is 2. The largest absolute Gasteiger partial charge is 0.433 e. The highest BCUT2D eigenvalue weighted by Crippen LogP contribution is 2.28. The summed E-state index contributed by atoms with van der Waals surface area (Å²) in [7, 11) is 0. The highest BCUT2D eigenvalue weighted by molar-refractivity contribution is 5.94. The van der Waals surface area contributed by atoms with E-state index >= 15 is 0 Å². The zero-order valence-corrected chi connectivity index (χ0v) is 15.7. The summed E-state index contributed by atoms with van der Waals surface area (Å²) < 4.78 is 37.9. The van der Waals surface area contributed by atoms with Gasteiger partial charge in [-0.05, 0) is 35.4 Å². The molecule has 0 spiro atoms. The number of alkyl halides is 3. The molecule has 4 rings (SSSR count). The van der Waals surface area contributed by atoms with E-state index in [9.17, 15) is 18.0 Å². The number of allylic oxidation sites excluding steroid dienone is 3. The smallest absolute Gasteiger partial charge is 0.358 e. The van der Waals surface area contributed by atoms with Crippen molar-refractivity contribution < 1.29 is 18.0 Å². The van der Waals surface area contributed by atoms with E-state index < -0.39 is 11.9 Å². The molecule has 0 saturated heterocycles. The number of fused-ring (bicyclic) bond motifs is 1. The monoisotopic (exact) mass is 413 g/mol. The third-order valence-corrected chi connectivity index (χ3v) is 4.74. The molecule has 2 aromatic heterocycles. The van der Waals surface area contributed by atoms with E-state index in [1.165, 1.54) is 6.07 Å². The number of hydrogen-bond acceptors (Lipinski definition) is 5. The minimum atomic E-state index is -4.49. The van der Waals surface area contributed by atoms with Gasteiger partial charge in [0, 0.05) is 37.8 Å². The molecule has 9 heteroatoms. The average molecular weight is 413 g/mol. The lowest BCUT2D eigenvalue weighted by molar-refractivity contribution is -0.141. The maximum atomic E-state index is 12.8. The van der Waals surface area contributed by atoms with Gasteiger partial charge in [0.1, 0.15) is 17.6 Å². The van der Waals surface area contributed by atoms with E-state index in [0.29, 0.717) is 17.7 Å². The molecule has 154 valence electrons. The van der Waals surface area contributed by atoms with Gasteiger partial charge in [0.05, 0.1) is 5.70 Å². The fourth-order valence-corrected chi connectivity index (χ4v) is 3.29. The highest BCUT2D eigenvalue weighted by Gasteiger charge is 2.33. The van der Waals surface area contributed by atoms with Gasteiger partial charge in [-0.2, -0.15) is 13.2 Å². The number of hydrogen-bond donors (Lipinski definition) is 2. The Morgan fingerprint density at radius 3 is 2.73 bits per heavy atom. The maximum Gasteiger partial charge on any atom is 0.433 e. The number of carbonyl (C=O) groups excluding carboxylic acids is 1. The Kier molecular flexibility index (Phi) is 5.26. The summed E-state index contributed by atoms with van der Waals surface area (Å²) in [5.41, 5.74) is 1.67. The van der Waals surface area contributed by atoms with Crippen LogP contribution in [0.1, 0.15) is 16.8 Å². The van der Waals surface area contributed by atoms with Crippen LogP contribution in [-0.2, 0) is 23.9 Å². The minimum absolute atomic E-state index is 0.0647. The Hall–Kier alpha value is -3.62. The van der Waals surface area contributed by atoms with Gasteiger partial charge in [0.15, 0.2) is 0 Å². The van der Waals surface area contributed by atoms with Crippen molar-refractivity contribution in [2.24, 2.45) is 0 Å². The van der Waals surface area contributed by atoms with Gasteiger partial charge in [0.2, 0.25) is 0 Å². The second kappa shape index (κ2) is 8.02. The standard InChI is InChI=1S/C21H18F3N5O/c22-21(23,24)17-7-6-15(12-26-17)13-27-20(30)19-16-5-1-2-9-29(16)18(28-19)10-14-4-3-8-25-11-14/h1-9,11-12,18,28H,10,13H2,(H,27,30). The van der Waals surface area contributed by atoms with Gasteiger partial charge in [-0.15, -0.1) is 0 Å². The molecule has 4 heterocycles. The molecule has 1 amide bonds. The Morgan fingerprint density at radius 1 is 1.17 bits per heavy atom. The maximum absolute atomic E-state index is 12.8. The number of amides is 1. The zero-order chi connectivity index (χ0) is 21.1. The zero-order valence-electron chi connectivity index (χ0n) is 15.7. The van der Waals surface area contributed by atoms with Crippen LogP contribution in [0.2, 0.25) is 0 Å². The molecule has 1 unspecified atom stereocenters. The van der Waals surface area contributed by atoms with Crippen molar-refractivity contribution in [2.45, 2.75) is 25.3 Å². The third kappa shape index (κ3) is 4.19.